The zero-order chi connectivity index (χ0) is 15.4. The number of ether oxygens (including phenoxy) is 1. The van der Waals surface area contributed by atoms with Crippen LogP contribution in [0, 0.1) is 25.2 Å². The molecule has 106 valence electrons. The van der Waals surface area contributed by atoms with Crippen LogP contribution in [0.5, 0.6) is 0 Å². The third-order valence-electron chi connectivity index (χ3n) is 3.31. The number of benzene rings is 1. The highest BCUT2D eigenvalue weighted by molar-refractivity contribution is 5.98. The van der Waals surface area contributed by atoms with Crippen molar-refractivity contribution in [2.45, 2.75) is 13.8 Å². The van der Waals surface area contributed by atoms with Crippen molar-refractivity contribution < 1.29 is 9.53 Å². The lowest BCUT2D eigenvalue weighted by atomic mass is 10.1. The molecule has 4 heteroatoms. The van der Waals surface area contributed by atoms with Crippen LogP contribution in [0.2, 0.25) is 0 Å². The summed E-state index contributed by atoms with van der Waals surface area (Å²) in [6, 6.07) is 13.8. The fourth-order valence-electron chi connectivity index (χ4n) is 2.31. The number of carbonyl (C=O) groups is 1. The van der Waals surface area contributed by atoms with E-state index in [9.17, 15) is 4.79 Å². The van der Waals surface area contributed by atoms with E-state index in [-0.39, 0.29) is 5.57 Å². The van der Waals surface area contributed by atoms with Gasteiger partial charge in [-0.3, -0.25) is 0 Å². The molecule has 0 atom stereocenters. The minimum absolute atomic E-state index is 0.00851. The lowest BCUT2D eigenvalue weighted by molar-refractivity contribution is -0.135. The van der Waals surface area contributed by atoms with Crippen molar-refractivity contribution in [1.29, 1.82) is 5.26 Å². The zero-order valence-corrected chi connectivity index (χ0v) is 12.3. The van der Waals surface area contributed by atoms with E-state index in [1.807, 2.05) is 56.3 Å². The molecule has 0 aliphatic rings. The van der Waals surface area contributed by atoms with Crippen LogP contribution in [-0.2, 0) is 9.53 Å². The number of nitriles is 1. The predicted molar refractivity (Wildman–Crippen MR) is 80.8 cm³/mol. The summed E-state index contributed by atoms with van der Waals surface area (Å²) in [5.74, 6) is -0.623. The predicted octanol–water partition coefficient (Wildman–Crippen LogP) is 3.17. The highest BCUT2D eigenvalue weighted by atomic mass is 16.5. The number of esters is 1. The van der Waals surface area contributed by atoms with Gasteiger partial charge in [-0.2, -0.15) is 5.26 Å². The third-order valence-corrected chi connectivity index (χ3v) is 3.31. The summed E-state index contributed by atoms with van der Waals surface area (Å²) in [5.41, 5.74) is 3.87. The van der Waals surface area contributed by atoms with Gasteiger partial charge >= 0.3 is 5.97 Å². The molecule has 0 N–H and O–H groups in total. The van der Waals surface area contributed by atoms with Gasteiger partial charge in [0.2, 0.25) is 0 Å². The largest absolute Gasteiger partial charge is 0.465 e. The molecule has 0 aliphatic heterocycles. The van der Waals surface area contributed by atoms with E-state index in [1.165, 1.54) is 7.11 Å². The van der Waals surface area contributed by atoms with E-state index in [1.54, 1.807) is 6.08 Å². The summed E-state index contributed by atoms with van der Waals surface area (Å²) in [6.07, 6.45) is 1.56. The molecule has 21 heavy (non-hydrogen) atoms. The molecule has 0 bridgehead atoms. The van der Waals surface area contributed by atoms with Crippen LogP contribution < -0.4 is 0 Å². The first-order valence-electron chi connectivity index (χ1n) is 6.53. The lowest BCUT2D eigenvalue weighted by Crippen LogP contribution is -2.03. The number of aromatic nitrogens is 1. The van der Waals surface area contributed by atoms with Gasteiger partial charge in [-0.05, 0) is 43.7 Å². The van der Waals surface area contributed by atoms with Gasteiger partial charge in [0.15, 0.2) is 0 Å². The SMILES string of the molecule is COC(=O)/C(C#N)=C/c1cc(C)n(-c2ccccc2)c1C. The molecule has 0 aliphatic carbocycles. The Hall–Kier alpha value is -2.80. The number of nitrogens with zero attached hydrogens (tertiary/aromatic N) is 2. The van der Waals surface area contributed by atoms with E-state index in [2.05, 4.69) is 9.30 Å². The van der Waals surface area contributed by atoms with Gasteiger partial charge in [0, 0.05) is 17.1 Å². The van der Waals surface area contributed by atoms with Gasteiger partial charge in [-0.1, -0.05) is 18.2 Å². The quantitative estimate of drug-likeness (QED) is 0.493. The fourth-order valence-corrected chi connectivity index (χ4v) is 2.31. The molecule has 4 nitrogen and oxygen atoms in total. The zero-order valence-electron chi connectivity index (χ0n) is 12.3. The van der Waals surface area contributed by atoms with Crippen LogP contribution in [0.15, 0.2) is 42.0 Å². The number of methoxy groups -OCH3 is 1. The number of aryl methyl sites for hydroxylation is 1. The van der Waals surface area contributed by atoms with Crippen molar-refractivity contribution in [3.63, 3.8) is 0 Å². The van der Waals surface area contributed by atoms with E-state index < -0.39 is 5.97 Å². The molecular formula is C17H16N2O2. The Morgan fingerprint density at radius 1 is 1.29 bits per heavy atom. The second-order valence-corrected chi connectivity index (χ2v) is 4.66. The molecule has 0 fully saturated rings. The molecule has 0 spiro atoms. The van der Waals surface area contributed by atoms with Gasteiger partial charge < -0.3 is 9.30 Å². The van der Waals surface area contributed by atoms with Crippen molar-refractivity contribution in [3.05, 3.63) is 58.9 Å². The average Bonchev–Trinajstić information content (AvgIpc) is 2.79. The molecule has 1 heterocycles. The van der Waals surface area contributed by atoms with Crippen LogP contribution in [0.25, 0.3) is 11.8 Å². The minimum Gasteiger partial charge on any atom is -0.465 e. The van der Waals surface area contributed by atoms with Gasteiger partial charge in [-0.15, -0.1) is 0 Å². The second kappa shape index (κ2) is 6.10. The maximum atomic E-state index is 11.5. The van der Waals surface area contributed by atoms with Crippen molar-refractivity contribution in [2.75, 3.05) is 7.11 Å². The second-order valence-electron chi connectivity index (χ2n) is 4.66. The van der Waals surface area contributed by atoms with E-state index in [4.69, 9.17) is 5.26 Å². The number of hydrogen-bond acceptors (Lipinski definition) is 3. The molecule has 1 aromatic carbocycles. The Kier molecular flexibility index (Phi) is 4.24. The standard InChI is InChI=1S/C17H16N2O2/c1-12-9-14(10-15(11-18)17(20)21-3)13(2)19(12)16-7-5-4-6-8-16/h4-10H,1-3H3/b15-10+. The maximum Gasteiger partial charge on any atom is 0.348 e. The van der Waals surface area contributed by atoms with Crippen LogP contribution in [0.4, 0.5) is 0 Å². The lowest BCUT2D eigenvalue weighted by Gasteiger charge is -2.09. The van der Waals surface area contributed by atoms with Crippen LogP contribution in [0.3, 0.4) is 0 Å². The Morgan fingerprint density at radius 3 is 2.52 bits per heavy atom. The first-order valence-corrected chi connectivity index (χ1v) is 6.53. The first-order chi connectivity index (χ1) is 10.1. The minimum atomic E-state index is -0.623. The summed E-state index contributed by atoms with van der Waals surface area (Å²) in [5, 5.41) is 9.05. The first kappa shape index (κ1) is 14.6. The molecular weight excluding hydrogens is 264 g/mol. The fraction of sp³-hybridized carbons (Fsp3) is 0.176. The number of carbonyl (C=O) groups excluding carboxylic acids is 1. The van der Waals surface area contributed by atoms with Crippen molar-refractivity contribution in [2.24, 2.45) is 0 Å². The summed E-state index contributed by atoms with van der Waals surface area (Å²) in [4.78, 5) is 11.5. The smallest absolute Gasteiger partial charge is 0.348 e. The third kappa shape index (κ3) is 2.87. The van der Waals surface area contributed by atoms with Crippen LogP contribution in [-0.4, -0.2) is 17.6 Å². The summed E-state index contributed by atoms with van der Waals surface area (Å²) in [7, 11) is 1.26. The average molecular weight is 280 g/mol. The van der Waals surface area contributed by atoms with Crippen LogP contribution >= 0.6 is 0 Å². The summed E-state index contributed by atoms with van der Waals surface area (Å²) < 4.78 is 6.68. The molecule has 0 unspecified atom stereocenters. The monoisotopic (exact) mass is 280 g/mol. The summed E-state index contributed by atoms with van der Waals surface area (Å²) >= 11 is 0. The Morgan fingerprint density at radius 2 is 1.95 bits per heavy atom. The molecule has 0 saturated heterocycles. The summed E-state index contributed by atoms with van der Waals surface area (Å²) in [6.45, 7) is 3.94. The molecule has 2 rings (SSSR count). The highest BCUT2D eigenvalue weighted by Crippen LogP contribution is 2.22. The van der Waals surface area contributed by atoms with Crippen LogP contribution in [0.1, 0.15) is 17.0 Å². The van der Waals surface area contributed by atoms with E-state index in [0.29, 0.717) is 0 Å². The molecule has 1 aromatic heterocycles. The van der Waals surface area contributed by atoms with Gasteiger partial charge in [-0.25, -0.2) is 4.79 Å². The molecule has 0 amide bonds. The Bertz CT molecular complexity index is 734. The molecule has 0 saturated carbocycles. The Balaban J connectivity index is 2.53. The number of para-hydroxylation sites is 1. The number of rotatable bonds is 3. The molecule has 2 aromatic rings. The van der Waals surface area contributed by atoms with Gasteiger partial charge in [0.1, 0.15) is 11.6 Å². The van der Waals surface area contributed by atoms with Gasteiger partial charge in [0.05, 0.1) is 7.11 Å². The maximum absolute atomic E-state index is 11.5. The van der Waals surface area contributed by atoms with E-state index >= 15 is 0 Å². The van der Waals surface area contributed by atoms with Crippen molar-refractivity contribution >= 4 is 12.0 Å². The van der Waals surface area contributed by atoms with Crippen molar-refractivity contribution in [3.8, 4) is 11.8 Å². The molecule has 0 radical (unpaired) electrons. The Labute approximate surface area is 123 Å². The number of hydrogen-bond donors (Lipinski definition) is 0. The van der Waals surface area contributed by atoms with Gasteiger partial charge in [0.25, 0.3) is 0 Å². The highest BCUT2D eigenvalue weighted by Gasteiger charge is 2.13. The topological polar surface area (TPSA) is 55.0 Å². The normalized spacial score (nSPS) is 11.0. The van der Waals surface area contributed by atoms with Crippen molar-refractivity contribution in [1.82, 2.24) is 4.57 Å². The van der Waals surface area contributed by atoms with E-state index in [0.717, 1.165) is 22.6 Å².